The SMILES string of the molecule is C[C@H](OC(=O)CNC(=O)c1ccc(F)cc1)C(=O)Nc1ccc(Cl)cc1Cl. The highest BCUT2D eigenvalue weighted by Crippen LogP contribution is 2.25. The van der Waals surface area contributed by atoms with Gasteiger partial charge < -0.3 is 15.4 Å². The minimum atomic E-state index is -1.12. The van der Waals surface area contributed by atoms with Gasteiger partial charge in [-0.15, -0.1) is 0 Å². The predicted octanol–water partition coefficient (Wildman–Crippen LogP) is 3.43. The van der Waals surface area contributed by atoms with E-state index in [1.54, 1.807) is 6.07 Å². The quantitative estimate of drug-likeness (QED) is 0.711. The molecular weight excluding hydrogens is 398 g/mol. The topological polar surface area (TPSA) is 84.5 Å². The number of esters is 1. The van der Waals surface area contributed by atoms with Crippen molar-refractivity contribution in [1.29, 1.82) is 0 Å². The van der Waals surface area contributed by atoms with E-state index in [2.05, 4.69) is 10.6 Å². The lowest BCUT2D eigenvalue weighted by atomic mass is 10.2. The molecule has 142 valence electrons. The van der Waals surface area contributed by atoms with Gasteiger partial charge in [-0.2, -0.15) is 0 Å². The molecule has 1 atom stereocenters. The molecule has 0 aromatic heterocycles. The van der Waals surface area contributed by atoms with Crippen LogP contribution in [0.15, 0.2) is 42.5 Å². The summed E-state index contributed by atoms with van der Waals surface area (Å²) < 4.78 is 17.8. The summed E-state index contributed by atoms with van der Waals surface area (Å²) in [7, 11) is 0. The summed E-state index contributed by atoms with van der Waals surface area (Å²) in [5, 5.41) is 5.48. The number of hydrogen-bond donors (Lipinski definition) is 2. The zero-order chi connectivity index (χ0) is 20.0. The third kappa shape index (κ3) is 6.23. The minimum Gasteiger partial charge on any atom is -0.451 e. The second-order valence-corrected chi connectivity index (χ2v) is 6.28. The summed E-state index contributed by atoms with van der Waals surface area (Å²) in [6.45, 7) is 0.925. The molecule has 0 bridgehead atoms. The molecule has 2 amide bonds. The van der Waals surface area contributed by atoms with Crippen molar-refractivity contribution in [2.75, 3.05) is 11.9 Å². The summed E-state index contributed by atoms with van der Waals surface area (Å²) >= 11 is 11.7. The highest BCUT2D eigenvalue weighted by molar-refractivity contribution is 6.36. The molecule has 0 spiro atoms. The molecule has 0 saturated carbocycles. The monoisotopic (exact) mass is 412 g/mol. The molecule has 2 aromatic rings. The van der Waals surface area contributed by atoms with E-state index in [0.29, 0.717) is 10.7 Å². The van der Waals surface area contributed by atoms with Crippen molar-refractivity contribution in [2.45, 2.75) is 13.0 Å². The molecule has 9 heteroatoms. The van der Waals surface area contributed by atoms with Crippen LogP contribution in [0.1, 0.15) is 17.3 Å². The highest BCUT2D eigenvalue weighted by Gasteiger charge is 2.19. The summed E-state index contributed by atoms with van der Waals surface area (Å²) in [4.78, 5) is 35.7. The van der Waals surface area contributed by atoms with Crippen molar-refractivity contribution in [3.63, 3.8) is 0 Å². The number of benzene rings is 2. The molecule has 0 aliphatic rings. The van der Waals surface area contributed by atoms with Crippen LogP contribution in [0.25, 0.3) is 0 Å². The number of carbonyl (C=O) groups is 3. The summed E-state index contributed by atoms with van der Waals surface area (Å²) in [6, 6.07) is 9.33. The lowest BCUT2D eigenvalue weighted by Crippen LogP contribution is -2.35. The van der Waals surface area contributed by atoms with E-state index < -0.39 is 36.2 Å². The number of amides is 2. The van der Waals surface area contributed by atoms with Crippen LogP contribution in [0.5, 0.6) is 0 Å². The van der Waals surface area contributed by atoms with Gasteiger partial charge in [0.15, 0.2) is 6.10 Å². The molecule has 6 nitrogen and oxygen atoms in total. The predicted molar refractivity (Wildman–Crippen MR) is 99.4 cm³/mol. The maximum absolute atomic E-state index is 12.8. The van der Waals surface area contributed by atoms with E-state index in [4.69, 9.17) is 27.9 Å². The molecule has 0 aliphatic carbocycles. The lowest BCUT2D eigenvalue weighted by molar-refractivity contribution is -0.152. The van der Waals surface area contributed by atoms with Crippen molar-refractivity contribution >= 4 is 46.7 Å². The van der Waals surface area contributed by atoms with Gasteiger partial charge in [0.25, 0.3) is 11.8 Å². The first-order chi connectivity index (χ1) is 12.8. The molecule has 0 heterocycles. The summed E-state index contributed by atoms with van der Waals surface area (Å²) in [5.41, 5.74) is 0.506. The molecule has 0 radical (unpaired) electrons. The Kier molecular flexibility index (Phi) is 7.15. The lowest BCUT2D eigenvalue weighted by Gasteiger charge is -2.14. The van der Waals surface area contributed by atoms with E-state index in [0.717, 1.165) is 12.1 Å². The second-order valence-electron chi connectivity index (χ2n) is 5.44. The first-order valence-electron chi connectivity index (χ1n) is 7.75. The summed E-state index contributed by atoms with van der Waals surface area (Å²) in [6.07, 6.45) is -1.12. The molecule has 27 heavy (non-hydrogen) atoms. The third-order valence-electron chi connectivity index (χ3n) is 3.37. The average molecular weight is 413 g/mol. The largest absolute Gasteiger partial charge is 0.451 e. The smallest absolute Gasteiger partial charge is 0.326 e. The van der Waals surface area contributed by atoms with Crippen LogP contribution >= 0.6 is 23.2 Å². The van der Waals surface area contributed by atoms with Gasteiger partial charge in [-0.05, 0) is 49.4 Å². The molecule has 0 unspecified atom stereocenters. The fourth-order valence-corrected chi connectivity index (χ4v) is 2.43. The minimum absolute atomic E-state index is 0.187. The van der Waals surface area contributed by atoms with Gasteiger partial charge >= 0.3 is 5.97 Å². The zero-order valence-corrected chi connectivity index (χ0v) is 15.6. The third-order valence-corrected chi connectivity index (χ3v) is 3.91. The number of rotatable bonds is 6. The molecular formula is C18H15Cl2FN2O4. The zero-order valence-electron chi connectivity index (χ0n) is 14.1. The van der Waals surface area contributed by atoms with Crippen LogP contribution in [-0.4, -0.2) is 30.4 Å². The Morgan fingerprint density at radius 2 is 1.78 bits per heavy atom. The van der Waals surface area contributed by atoms with Gasteiger partial charge in [-0.3, -0.25) is 14.4 Å². The van der Waals surface area contributed by atoms with Crippen LogP contribution in [0, 0.1) is 5.82 Å². The molecule has 2 rings (SSSR count). The fourth-order valence-electron chi connectivity index (χ4n) is 1.97. The Bertz CT molecular complexity index is 859. The van der Waals surface area contributed by atoms with Crippen molar-refractivity contribution in [2.24, 2.45) is 0 Å². The molecule has 2 N–H and O–H groups in total. The maximum atomic E-state index is 12.8. The first-order valence-corrected chi connectivity index (χ1v) is 8.51. The number of anilines is 1. The van der Waals surface area contributed by atoms with E-state index >= 15 is 0 Å². The molecule has 2 aromatic carbocycles. The van der Waals surface area contributed by atoms with Crippen molar-refractivity contribution < 1.29 is 23.5 Å². The van der Waals surface area contributed by atoms with Crippen molar-refractivity contribution in [1.82, 2.24) is 5.32 Å². The number of halogens is 3. The van der Waals surface area contributed by atoms with Gasteiger partial charge in [0.1, 0.15) is 12.4 Å². The molecule has 0 fully saturated rings. The van der Waals surface area contributed by atoms with Crippen LogP contribution in [0.2, 0.25) is 10.0 Å². The fraction of sp³-hybridized carbons (Fsp3) is 0.167. The van der Waals surface area contributed by atoms with E-state index in [1.165, 1.54) is 31.2 Å². The number of nitrogens with one attached hydrogen (secondary N) is 2. The Morgan fingerprint density at radius 3 is 2.41 bits per heavy atom. The second kappa shape index (κ2) is 9.34. The Morgan fingerprint density at radius 1 is 1.11 bits per heavy atom. The Labute approximate surface area is 164 Å². The van der Waals surface area contributed by atoms with Gasteiger partial charge in [0, 0.05) is 10.6 Å². The maximum Gasteiger partial charge on any atom is 0.326 e. The molecule has 0 saturated heterocycles. The van der Waals surface area contributed by atoms with Crippen LogP contribution in [-0.2, 0) is 14.3 Å². The van der Waals surface area contributed by atoms with Gasteiger partial charge in [-0.1, -0.05) is 23.2 Å². The summed E-state index contributed by atoms with van der Waals surface area (Å²) in [5.74, 6) is -2.46. The highest BCUT2D eigenvalue weighted by atomic mass is 35.5. The van der Waals surface area contributed by atoms with E-state index in [-0.39, 0.29) is 10.6 Å². The number of carbonyl (C=O) groups excluding carboxylic acids is 3. The van der Waals surface area contributed by atoms with E-state index in [1.807, 2.05) is 0 Å². The van der Waals surface area contributed by atoms with Crippen molar-refractivity contribution in [3.8, 4) is 0 Å². The Hall–Kier alpha value is -2.64. The standard InChI is InChI=1S/C18H15Cl2FN2O4/c1-10(17(25)23-15-7-4-12(19)8-14(15)20)27-16(24)9-22-18(26)11-2-5-13(21)6-3-11/h2-8,10H,9H2,1H3,(H,22,26)(H,23,25)/t10-/m0/s1. The van der Waals surface area contributed by atoms with Gasteiger partial charge in [-0.25, -0.2) is 4.39 Å². The van der Waals surface area contributed by atoms with Gasteiger partial charge in [0.05, 0.1) is 10.7 Å². The molecule has 0 aliphatic heterocycles. The average Bonchev–Trinajstić information content (AvgIpc) is 2.62. The van der Waals surface area contributed by atoms with E-state index in [9.17, 15) is 18.8 Å². The normalized spacial score (nSPS) is 11.4. The number of hydrogen-bond acceptors (Lipinski definition) is 4. The van der Waals surface area contributed by atoms with Crippen LogP contribution < -0.4 is 10.6 Å². The van der Waals surface area contributed by atoms with Crippen LogP contribution in [0.4, 0.5) is 10.1 Å². The number of ether oxygens (including phenoxy) is 1. The first kappa shape index (κ1) is 20.7. The van der Waals surface area contributed by atoms with Gasteiger partial charge in [0.2, 0.25) is 0 Å². The van der Waals surface area contributed by atoms with Crippen LogP contribution in [0.3, 0.4) is 0 Å². The Balaban J connectivity index is 1.82. The van der Waals surface area contributed by atoms with Crippen molar-refractivity contribution in [3.05, 3.63) is 63.9 Å².